The molecule has 0 amide bonds. The van der Waals surface area contributed by atoms with E-state index in [0.717, 1.165) is 17.0 Å². The number of halogens is 1. The second kappa shape index (κ2) is 20.7. The van der Waals surface area contributed by atoms with E-state index in [4.69, 9.17) is 0 Å². The molecule has 0 bridgehead atoms. The van der Waals surface area contributed by atoms with Gasteiger partial charge in [0.1, 0.15) is 0 Å². The summed E-state index contributed by atoms with van der Waals surface area (Å²) in [5, 5.41) is 0. The molecule has 0 aromatic heterocycles. The minimum absolute atomic E-state index is 0.302. The Kier molecular flexibility index (Phi) is 18.0. The van der Waals surface area contributed by atoms with Crippen molar-refractivity contribution >= 4 is 25.5 Å². The fraction of sp³-hybridized carbons (Fsp3) is 0.917. The minimum atomic E-state index is 0.302. The molecule has 40 heavy (non-hydrogen) atoms. The zero-order valence-electron chi connectivity index (χ0n) is 25.9. The summed E-state index contributed by atoms with van der Waals surface area (Å²) >= 11 is 1.82. The molecular weight excluding hydrogens is 631 g/mol. The number of hydrogen-bond donors (Lipinski definition) is 0. The summed E-state index contributed by atoms with van der Waals surface area (Å²) in [7, 11) is 5.26. The van der Waals surface area contributed by atoms with E-state index in [-0.39, 0.29) is 0 Å². The Bertz CT molecular complexity index is 471. The first-order valence-electron chi connectivity index (χ1n) is 18.1. The molecular formula is C36H63ClP2Ru+. The maximum absolute atomic E-state index is 4.57. The van der Waals surface area contributed by atoms with Crippen molar-refractivity contribution in [3.8, 4) is 0 Å². The fourth-order valence-corrected chi connectivity index (χ4v) is 18.7. The van der Waals surface area contributed by atoms with Crippen LogP contribution in [0.3, 0.4) is 0 Å². The molecule has 0 aromatic rings. The second-order valence-electron chi connectivity index (χ2n) is 14.1. The summed E-state index contributed by atoms with van der Waals surface area (Å²) in [4.78, 5) is 0. The van der Waals surface area contributed by atoms with Gasteiger partial charge in [-0.3, -0.25) is 0 Å². The van der Waals surface area contributed by atoms with Gasteiger partial charge in [0.05, 0.1) is 0 Å². The van der Waals surface area contributed by atoms with E-state index in [0.29, 0.717) is 15.8 Å². The summed E-state index contributed by atoms with van der Waals surface area (Å²) in [5.41, 5.74) is 6.89. The molecule has 0 saturated heterocycles. The predicted molar refractivity (Wildman–Crippen MR) is 180 cm³/mol. The second-order valence-corrected chi connectivity index (χ2v) is 20.3. The van der Waals surface area contributed by atoms with Gasteiger partial charge in [-0.2, -0.15) is 0 Å². The monoisotopic (exact) mass is 694 g/mol. The van der Waals surface area contributed by atoms with Crippen molar-refractivity contribution < 1.29 is 17.3 Å². The van der Waals surface area contributed by atoms with Crippen molar-refractivity contribution in [2.24, 2.45) is 0 Å². The van der Waals surface area contributed by atoms with E-state index < -0.39 is 0 Å². The van der Waals surface area contributed by atoms with Gasteiger partial charge in [-0.25, -0.2) is 0 Å². The van der Waals surface area contributed by atoms with Crippen molar-refractivity contribution in [3.63, 3.8) is 0 Å². The van der Waals surface area contributed by atoms with Gasteiger partial charge >= 0.3 is 27.0 Å². The summed E-state index contributed by atoms with van der Waals surface area (Å²) in [6.07, 6.45) is 49.1. The summed E-state index contributed by atoms with van der Waals surface area (Å²) in [6, 6.07) is 0. The van der Waals surface area contributed by atoms with E-state index in [2.05, 4.69) is 29.0 Å². The summed E-state index contributed by atoms with van der Waals surface area (Å²) in [6.45, 7) is 0. The van der Waals surface area contributed by atoms with Crippen molar-refractivity contribution in [2.75, 3.05) is 0 Å². The van der Waals surface area contributed by atoms with E-state index in [1.165, 1.54) is 87.6 Å². The van der Waals surface area contributed by atoms with E-state index in [1.807, 2.05) is 17.3 Å². The van der Waals surface area contributed by atoms with Gasteiger partial charge in [-0.15, -0.1) is 0 Å². The third kappa shape index (κ3) is 11.0. The van der Waals surface area contributed by atoms with Gasteiger partial charge in [0.25, 0.3) is 0 Å². The Hall–Kier alpha value is 1.77. The van der Waals surface area contributed by atoms with Gasteiger partial charge < -0.3 is 0 Å². The van der Waals surface area contributed by atoms with Crippen LogP contribution in [-0.4, -0.2) is 34.0 Å². The number of rotatable bonds is 6. The van der Waals surface area contributed by atoms with Gasteiger partial charge in [0.2, 0.25) is 0 Å². The van der Waals surface area contributed by atoms with Crippen LogP contribution in [0.4, 0.5) is 0 Å². The maximum atomic E-state index is 4.57. The molecule has 6 aliphatic carbocycles. The summed E-state index contributed by atoms with van der Waals surface area (Å²) in [5.74, 6) is 0. The molecule has 6 fully saturated rings. The fourth-order valence-electron chi connectivity index (χ4n) is 9.59. The first-order chi connectivity index (χ1) is 19.9. The van der Waals surface area contributed by atoms with Crippen LogP contribution in [0, 0.1) is 19.3 Å². The Labute approximate surface area is 268 Å². The normalized spacial score (nSPS) is 27.6. The Morgan fingerprint density at radius 2 is 0.575 bits per heavy atom. The van der Waals surface area contributed by atoms with E-state index in [9.17, 15) is 0 Å². The Balaban J connectivity index is 0.000000174. The molecule has 0 aromatic carbocycles. The van der Waals surface area contributed by atoms with Gasteiger partial charge in [0.15, 0.2) is 0 Å². The predicted octanol–water partition coefficient (Wildman–Crippen LogP) is 13.1. The Morgan fingerprint density at radius 3 is 0.825 bits per heavy atom. The van der Waals surface area contributed by atoms with Crippen molar-refractivity contribution in [1.29, 1.82) is 0 Å². The third-order valence-corrected chi connectivity index (χ3v) is 19.6. The topological polar surface area (TPSA) is 0 Å². The molecule has 0 unspecified atom stereocenters. The first-order valence-corrected chi connectivity index (χ1v) is 23.4. The average molecular weight is 694 g/mol. The molecule has 0 spiro atoms. The molecule has 0 heterocycles. The van der Waals surface area contributed by atoms with Crippen LogP contribution in [0.15, 0.2) is 0 Å². The van der Waals surface area contributed by atoms with Gasteiger partial charge in [-0.1, -0.05) is 112 Å². The van der Waals surface area contributed by atoms with Gasteiger partial charge in [0, 0.05) is 0 Å². The third-order valence-electron chi connectivity index (χ3n) is 11.5. The zero-order valence-corrected chi connectivity index (χ0v) is 30.2. The van der Waals surface area contributed by atoms with Crippen LogP contribution >= 0.6 is 25.5 Å². The molecule has 6 aliphatic rings. The van der Waals surface area contributed by atoms with Crippen molar-refractivity contribution in [1.82, 2.24) is 0 Å². The summed E-state index contributed by atoms with van der Waals surface area (Å²) < 4.78 is 0. The first kappa shape index (κ1) is 34.6. The van der Waals surface area contributed by atoms with Crippen LogP contribution in [0.5, 0.6) is 0 Å². The van der Waals surface area contributed by atoms with Crippen LogP contribution < -0.4 is 0 Å². The standard InChI is InChI=1S/C18H33P.C18H30P.ClH.Ru/c2*1-4-10-16(11-5-1)19(17-12-6-2-7-13-17)18-14-8-3-9-15-18;;/h16-18H,1-15H2;1,4-5,16-18H,2-3,6-15H2;1H;/q;;;+2/p-1. The molecule has 0 atom stereocenters. The Morgan fingerprint density at radius 1 is 0.350 bits per heavy atom. The number of hydrogen-bond acceptors (Lipinski definition) is 0. The SMILES string of the molecule is C1CCC(P(C2CCCCC2)C2CCCCC2)CC1.[CH]1[CH]CC(P(C2CCCCC2)C2CCCCC2)C[CH]1.[Cl][Ru+]. The van der Waals surface area contributed by atoms with Crippen LogP contribution in [0.1, 0.15) is 173 Å². The molecule has 0 nitrogen and oxygen atoms in total. The van der Waals surface area contributed by atoms with Crippen molar-refractivity contribution in [2.45, 2.75) is 207 Å². The molecule has 4 heteroatoms. The van der Waals surface area contributed by atoms with Gasteiger partial charge in [-0.05, 0) is 130 Å². The van der Waals surface area contributed by atoms with Crippen molar-refractivity contribution in [3.05, 3.63) is 19.3 Å². The quantitative estimate of drug-likeness (QED) is 0.192. The molecule has 0 aliphatic heterocycles. The molecule has 231 valence electrons. The molecule has 0 N–H and O–H groups in total. The van der Waals surface area contributed by atoms with E-state index >= 15 is 0 Å². The molecule has 3 radical (unpaired) electrons. The van der Waals surface area contributed by atoms with Crippen LogP contribution in [0.25, 0.3) is 0 Å². The van der Waals surface area contributed by atoms with E-state index in [1.54, 1.807) is 103 Å². The van der Waals surface area contributed by atoms with Crippen LogP contribution in [-0.2, 0) is 17.3 Å². The zero-order chi connectivity index (χ0) is 27.8. The van der Waals surface area contributed by atoms with Crippen LogP contribution in [0.2, 0.25) is 0 Å². The average Bonchev–Trinajstić information content (AvgIpc) is 3.06. The molecule has 6 saturated carbocycles. The molecule has 6 rings (SSSR count).